The van der Waals surface area contributed by atoms with Gasteiger partial charge in [-0.2, -0.15) is 4.98 Å². The summed E-state index contributed by atoms with van der Waals surface area (Å²) in [6.45, 7) is 4.28. The second-order valence-electron chi connectivity index (χ2n) is 4.47. The number of hydrogen-bond donors (Lipinski definition) is 2. The molecular weight excluding hydrogens is 262 g/mol. The highest BCUT2D eigenvalue weighted by Crippen LogP contribution is 2.16. The van der Waals surface area contributed by atoms with Gasteiger partial charge in [0.2, 0.25) is 6.39 Å². The molecule has 8 nitrogen and oxygen atoms in total. The molecule has 0 saturated carbocycles. The highest BCUT2D eigenvalue weighted by molar-refractivity contribution is 5.91. The maximum atomic E-state index is 11.2. The minimum atomic E-state index is -1.09. The standard InChI is InChI=1S/C12H15N5O3/c1-7(2)11-14-5-8(10(16-11)12(18)19)13-4-3-9-15-6-20-17-9/h5-7,13H,3-4H2,1-2H3,(H,18,19). The van der Waals surface area contributed by atoms with E-state index in [2.05, 4.69) is 29.9 Å². The number of aromatic nitrogens is 4. The Hall–Kier alpha value is -2.51. The van der Waals surface area contributed by atoms with E-state index in [4.69, 9.17) is 0 Å². The van der Waals surface area contributed by atoms with Crippen LogP contribution in [0.1, 0.15) is 41.9 Å². The van der Waals surface area contributed by atoms with Gasteiger partial charge in [0.1, 0.15) is 5.82 Å². The van der Waals surface area contributed by atoms with E-state index in [0.717, 1.165) is 0 Å². The third kappa shape index (κ3) is 3.28. The van der Waals surface area contributed by atoms with Gasteiger partial charge in [-0.3, -0.25) is 0 Å². The molecule has 0 spiro atoms. The molecule has 8 heteroatoms. The van der Waals surface area contributed by atoms with Gasteiger partial charge in [-0.05, 0) is 0 Å². The van der Waals surface area contributed by atoms with Crippen LogP contribution in [-0.2, 0) is 6.42 Å². The quantitative estimate of drug-likeness (QED) is 0.812. The normalized spacial score (nSPS) is 10.8. The highest BCUT2D eigenvalue weighted by Gasteiger charge is 2.15. The van der Waals surface area contributed by atoms with Crippen LogP contribution < -0.4 is 5.32 Å². The van der Waals surface area contributed by atoms with Crippen molar-refractivity contribution in [3.8, 4) is 0 Å². The number of hydrogen-bond acceptors (Lipinski definition) is 7. The maximum Gasteiger partial charge on any atom is 0.356 e. The molecular formula is C12H15N5O3. The predicted molar refractivity (Wildman–Crippen MR) is 69.6 cm³/mol. The van der Waals surface area contributed by atoms with Gasteiger partial charge < -0.3 is 14.9 Å². The lowest BCUT2D eigenvalue weighted by molar-refractivity contribution is 0.0691. The van der Waals surface area contributed by atoms with Crippen molar-refractivity contribution < 1.29 is 14.4 Å². The first-order chi connectivity index (χ1) is 9.58. The third-order valence-corrected chi connectivity index (χ3v) is 2.60. The fourth-order valence-electron chi connectivity index (χ4n) is 1.58. The Balaban J connectivity index is 2.08. The van der Waals surface area contributed by atoms with Crippen molar-refractivity contribution in [1.29, 1.82) is 0 Å². The average molecular weight is 277 g/mol. The van der Waals surface area contributed by atoms with Crippen LogP contribution in [0.25, 0.3) is 0 Å². The molecule has 0 aromatic carbocycles. The van der Waals surface area contributed by atoms with Crippen molar-refractivity contribution in [3.05, 3.63) is 29.9 Å². The first kappa shape index (κ1) is 13.9. The number of carboxylic acid groups (broad SMARTS) is 1. The van der Waals surface area contributed by atoms with Crippen molar-refractivity contribution in [2.45, 2.75) is 26.2 Å². The van der Waals surface area contributed by atoms with Crippen LogP contribution >= 0.6 is 0 Å². The molecule has 2 aromatic rings. The molecule has 2 heterocycles. The van der Waals surface area contributed by atoms with Crippen LogP contribution in [0.5, 0.6) is 0 Å². The zero-order chi connectivity index (χ0) is 14.5. The number of carbonyl (C=O) groups is 1. The first-order valence-corrected chi connectivity index (χ1v) is 6.17. The van der Waals surface area contributed by atoms with E-state index >= 15 is 0 Å². The van der Waals surface area contributed by atoms with Crippen LogP contribution in [-0.4, -0.2) is 37.7 Å². The number of carboxylic acids is 1. The fourth-order valence-corrected chi connectivity index (χ4v) is 1.58. The molecule has 2 aromatic heterocycles. The number of anilines is 1. The minimum Gasteiger partial charge on any atom is -0.476 e. The Morgan fingerprint density at radius 2 is 2.25 bits per heavy atom. The number of nitrogens with one attached hydrogen (secondary N) is 1. The Bertz CT molecular complexity index is 583. The number of aromatic carboxylic acids is 1. The van der Waals surface area contributed by atoms with Crippen molar-refractivity contribution >= 4 is 11.7 Å². The Kier molecular flexibility index (Phi) is 4.24. The predicted octanol–water partition coefficient (Wildman–Crippen LogP) is 1.34. The summed E-state index contributed by atoms with van der Waals surface area (Å²) < 4.78 is 4.61. The fraction of sp³-hybridized carbons (Fsp3) is 0.417. The van der Waals surface area contributed by atoms with Gasteiger partial charge in [0.05, 0.1) is 11.9 Å². The molecule has 0 saturated heterocycles. The molecule has 0 unspecified atom stereocenters. The summed E-state index contributed by atoms with van der Waals surface area (Å²) in [6.07, 6.45) is 3.25. The Morgan fingerprint density at radius 1 is 1.45 bits per heavy atom. The minimum absolute atomic E-state index is 0.0307. The molecule has 2 N–H and O–H groups in total. The van der Waals surface area contributed by atoms with E-state index in [1.54, 1.807) is 0 Å². The van der Waals surface area contributed by atoms with Crippen LogP contribution in [0.3, 0.4) is 0 Å². The smallest absolute Gasteiger partial charge is 0.356 e. The summed E-state index contributed by atoms with van der Waals surface area (Å²) >= 11 is 0. The second kappa shape index (κ2) is 6.09. The molecule has 106 valence electrons. The topological polar surface area (TPSA) is 114 Å². The molecule has 0 fully saturated rings. The summed E-state index contributed by atoms with van der Waals surface area (Å²) in [5.41, 5.74) is 0.349. The first-order valence-electron chi connectivity index (χ1n) is 6.17. The van der Waals surface area contributed by atoms with Gasteiger partial charge >= 0.3 is 5.97 Å². The maximum absolute atomic E-state index is 11.2. The second-order valence-corrected chi connectivity index (χ2v) is 4.47. The molecule has 0 aliphatic carbocycles. The zero-order valence-corrected chi connectivity index (χ0v) is 11.2. The van der Waals surface area contributed by atoms with Gasteiger partial charge in [-0.1, -0.05) is 19.0 Å². The van der Waals surface area contributed by atoms with Gasteiger partial charge in [-0.25, -0.2) is 14.8 Å². The Morgan fingerprint density at radius 3 is 2.85 bits per heavy atom. The van der Waals surface area contributed by atoms with E-state index in [1.165, 1.54) is 12.6 Å². The van der Waals surface area contributed by atoms with Crippen molar-refractivity contribution in [2.75, 3.05) is 11.9 Å². The number of nitrogens with zero attached hydrogens (tertiary/aromatic N) is 4. The van der Waals surface area contributed by atoms with Crippen LogP contribution in [0.4, 0.5) is 5.69 Å². The van der Waals surface area contributed by atoms with Crippen LogP contribution in [0, 0.1) is 0 Å². The molecule has 0 amide bonds. The molecule has 20 heavy (non-hydrogen) atoms. The SMILES string of the molecule is CC(C)c1ncc(NCCc2ncon2)c(C(=O)O)n1. The summed E-state index contributed by atoms with van der Waals surface area (Å²) in [5.74, 6) is 0.0399. The lowest BCUT2D eigenvalue weighted by Gasteiger charge is -2.10. The van der Waals surface area contributed by atoms with E-state index in [0.29, 0.717) is 30.3 Å². The van der Waals surface area contributed by atoms with E-state index < -0.39 is 5.97 Å². The van der Waals surface area contributed by atoms with E-state index in [1.807, 2.05) is 13.8 Å². The van der Waals surface area contributed by atoms with E-state index in [9.17, 15) is 9.90 Å². The van der Waals surface area contributed by atoms with E-state index in [-0.39, 0.29) is 11.6 Å². The lowest BCUT2D eigenvalue weighted by atomic mass is 10.2. The molecule has 0 aliphatic heterocycles. The van der Waals surface area contributed by atoms with Gasteiger partial charge in [0.25, 0.3) is 0 Å². The van der Waals surface area contributed by atoms with Crippen LogP contribution in [0.15, 0.2) is 17.1 Å². The monoisotopic (exact) mass is 277 g/mol. The van der Waals surface area contributed by atoms with Crippen LogP contribution in [0.2, 0.25) is 0 Å². The summed E-state index contributed by atoms with van der Waals surface area (Å²) in [7, 11) is 0. The van der Waals surface area contributed by atoms with Gasteiger partial charge in [-0.15, -0.1) is 0 Å². The molecule has 2 rings (SSSR count). The zero-order valence-electron chi connectivity index (χ0n) is 11.2. The number of rotatable bonds is 6. The average Bonchev–Trinajstić information content (AvgIpc) is 2.91. The van der Waals surface area contributed by atoms with Gasteiger partial charge in [0.15, 0.2) is 11.5 Å². The summed E-state index contributed by atoms with van der Waals surface area (Å²) in [6, 6.07) is 0. The highest BCUT2D eigenvalue weighted by atomic mass is 16.5. The van der Waals surface area contributed by atoms with Crippen molar-refractivity contribution in [2.24, 2.45) is 0 Å². The van der Waals surface area contributed by atoms with Crippen molar-refractivity contribution in [1.82, 2.24) is 20.1 Å². The lowest BCUT2D eigenvalue weighted by Crippen LogP contribution is -2.14. The summed E-state index contributed by atoms with van der Waals surface area (Å²) in [5, 5.41) is 15.8. The molecule has 0 aliphatic rings. The van der Waals surface area contributed by atoms with Crippen molar-refractivity contribution in [3.63, 3.8) is 0 Å². The van der Waals surface area contributed by atoms with Gasteiger partial charge in [0, 0.05) is 18.9 Å². The summed E-state index contributed by atoms with van der Waals surface area (Å²) in [4.78, 5) is 23.3. The molecule has 0 atom stereocenters. The Labute approximate surface area is 115 Å². The third-order valence-electron chi connectivity index (χ3n) is 2.60. The molecule has 0 bridgehead atoms. The molecule has 0 radical (unpaired) electrons. The largest absolute Gasteiger partial charge is 0.476 e.